The molecule has 0 aliphatic heterocycles. The number of thioether (sulfide) groups is 1. The number of hydrogen-bond donors (Lipinski definition) is 1. The zero-order valence-electron chi connectivity index (χ0n) is 18.0. The van der Waals surface area contributed by atoms with Crippen LogP contribution in [0.5, 0.6) is 0 Å². The molecule has 2 heterocycles. The van der Waals surface area contributed by atoms with E-state index in [9.17, 15) is 13.2 Å². The lowest BCUT2D eigenvalue weighted by Gasteiger charge is -2.11. The van der Waals surface area contributed by atoms with Crippen LogP contribution in [0.15, 0.2) is 40.6 Å². The fraction of sp³-hybridized carbons (Fsp3) is 0.429. The Hall–Kier alpha value is -1.88. The van der Waals surface area contributed by atoms with Crippen molar-refractivity contribution in [3.8, 4) is 0 Å². The Bertz CT molecular complexity index is 1120. The average molecular weight is 481 g/mol. The Morgan fingerprint density at radius 2 is 2.10 bits per heavy atom. The smallest absolute Gasteiger partial charge is 0.242 e. The summed E-state index contributed by atoms with van der Waals surface area (Å²) in [6.07, 6.45) is 0.855. The van der Waals surface area contributed by atoms with Gasteiger partial charge >= 0.3 is 0 Å². The molecule has 1 N–H and O–H groups in total. The Balaban J connectivity index is 1.57. The van der Waals surface area contributed by atoms with E-state index in [0.717, 1.165) is 22.8 Å². The van der Waals surface area contributed by atoms with Crippen molar-refractivity contribution in [1.29, 1.82) is 0 Å². The van der Waals surface area contributed by atoms with Gasteiger partial charge in [0.05, 0.1) is 15.9 Å². The predicted octanol–water partition coefficient (Wildman–Crippen LogP) is 3.35. The van der Waals surface area contributed by atoms with Crippen LogP contribution in [0.25, 0.3) is 11.0 Å². The molecule has 0 unspecified atom stereocenters. The van der Waals surface area contributed by atoms with Crippen LogP contribution < -0.4 is 5.32 Å². The molecule has 0 fully saturated rings. The molecule has 10 heteroatoms. The number of aromatic nitrogens is 2. The zero-order chi connectivity index (χ0) is 22.4. The molecule has 7 nitrogen and oxygen atoms in total. The van der Waals surface area contributed by atoms with Crippen LogP contribution in [0.2, 0.25) is 0 Å². The molecule has 1 aromatic carbocycles. The minimum Gasteiger partial charge on any atom is -0.355 e. The SMILES string of the molecule is CCn1c(CCC(=O)NCCSCc2cccs2)nc2cc(S(=O)(=O)N(C)C)ccc21. The summed E-state index contributed by atoms with van der Waals surface area (Å²) in [4.78, 5) is 18.4. The van der Waals surface area contributed by atoms with Gasteiger partial charge in [0.1, 0.15) is 5.82 Å². The van der Waals surface area contributed by atoms with E-state index in [0.29, 0.717) is 31.4 Å². The minimum atomic E-state index is -3.52. The molecule has 1 amide bonds. The van der Waals surface area contributed by atoms with Crippen LogP contribution in [0.3, 0.4) is 0 Å². The van der Waals surface area contributed by atoms with Crippen molar-refractivity contribution in [1.82, 2.24) is 19.2 Å². The molecule has 31 heavy (non-hydrogen) atoms. The Kier molecular flexibility index (Phi) is 8.15. The summed E-state index contributed by atoms with van der Waals surface area (Å²) in [5.41, 5.74) is 1.51. The molecular formula is C21H28N4O3S3. The van der Waals surface area contributed by atoms with Gasteiger partial charge in [0.2, 0.25) is 15.9 Å². The maximum absolute atomic E-state index is 12.4. The molecule has 0 spiro atoms. The molecule has 0 atom stereocenters. The summed E-state index contributed by atoms with van der Waals surface area (Å²) >= 11 is 3.56. The van der Waals surface area contributed by atoms with Gasteiger partial charge in [0.25, 0.3) is 0 Å². The van der Waals surface area contributed by atoms with Gasteiger partial charge in [0, 0.05) is 56.4 Å². The number of fused-ring (bicyclic) bond motifs is 1. The summed E-state index contributed by atoms with van der Waals surface area (Å²) < 4.78 is 28.0. The van der Waals surface area contributed by atoms with Crippen LogP contribution in [-0.4, -0.2) is 54.6 Å². The third-order valence-corrected chi connectivity index (χ3v) is 8.74. The highest BCUT2D eigenvalue weighted by molar-refractivity contribution is 7.98. The van der Waals surface area contributed by atoms with Gasteiger partial charge in [-0.05, 0) is 36.6 Å². The molecular weight excluding hydrogens is 452 g/mol. The second-order valence-electron chi connectivity index (χ2n) is 7.19. The van der Waals surface area contributed by atoms with E-state index in [1.54, 1.807) is 29.5 Å². The van der Waals surface area contributed by atoms with Gasteiger partial charge in [-0.2, -0.15) is 11.8 Å². The number of nitrogens with one attached hydrogen (secondary N) is 1. The van der Waals surface area contributed by atoms with Crippen LogP contribution in [0.1, 0.15) is 24.0 Å². The number of hydrogen-bond acceptors (Lipinski definition) is 6. The number of benzene rings is 1. The maximum atomic E-state index is 12.4. The minimum absolute atomic E-state index is 0.00214. The molecule has 168 valence electrons. The third kappa shape index (κ3) is 5.88. The lowest BCUT2D eigenvalue weighted by Crippen LogP contribution is -2.26. The third-order valence-electron chi connectivity index (χ3n) is 4.86. The number of aryl methyl sites for hydroxylation is 2. The quantitative estimate of drug-likeness (QED) is 0.426. The highest BCUT2D eigenvalue weighted by Crippen LogP contribution is 2.23. The average Bonchev–Trinajstić information content (AvgIpc) is 3.38. The van der Waals surface area contributed by atoms with Crippen molar-refractivity contribution in [2.75, 3.05) is 26.4 Å². The van der Waals surface area contributed by atoms with Crippen LogP contribution >= 0.6 is 23.1 Å². The van der Waals surface area contributed by atoms with Gasteiger partial charge < -0.3 is 9.88 Å². The van der Waals surface area contributed by atoms with Crippen LogP contribution in [-0.2, 0) is 33.5 Å². The van der Waals surface area contributed by atoms with Crippen molar-refractivity contribution >= 4 is 50.1 Å². The Labute approximate surface area is 191 Å². The fourth-order valence-electron chi connectivity index (χ4n) is 3.22. The van der Waals surface area contributed by atoms with Gasteiger partial charge in [0.15, 0.2) is 0 Å². The predicted molar refractivity (Wildman–Crippen MR) is 128 cm³/mol. The maximum Gasteiger partial charge on any atom is 0.242 e. The topological polar surface area (TPSA) is 84.3 Å². The van der Waals surface area contributed by atoms with Gasteiger partial charge in [-0.1, -0.05) is 6.07 Å². The normalized spacial score (nSPS) is 12.0. The first-order chi connectivity index (χ1) is 14.8. The molecule has 0 bridgehead atoms. The summed E-state index contributed by atoms with van der Waals surface area (Å²) in [5, 5.41) is 5.04. The number of carbonyl (C=O) groups excluding carboxylic acids is 1. The lowest BCUT2D eigenvalue weighted by molar-refractivity contribution is -0.120. The number of thiophene rings is 1. The number of imidazole rings is 1. The molecule has 0 saturated carbocycles. The second kappa shape index (κ2) is 10.6. The van der Waals surface area contributed by atoms with E-state index in [1.165, 1.54) is 23.3 Å². The van der Waals surface area contributed by atoms with E-state index in [1.807, 2.05) is 29.3 Å². The molecule has 2 aromatic heterocycles. The van der Waals surface area contributed by atoms with Crippen LogP contribution in [0.4, 0.5) is 0 Å². The summed E-state index contributed by atoms with van der Waals surface area (Å²) in [7, 11) is -0.498. The second-order valence-corrected chi connectivity index (χ2v) is 11.5. The first-order valence-electron chi connectivity index (χ1n) is 10.1. The summed E-state index contributed by atoms with van der Waals surface area (Å²) in [5.74, 6) is 2.64. The number of carbonyl (C=O) groups is 1. The van der Waals surface area contributed by atoms with E-state index < -0.39 is 10.0 Å². The molecule has 0 saturated heterocycles. The number of nitrogens with zero attached hydrogens (tertiary/aromatic N) is 3. The van der Waals surface area contributed by atoms with E-state index in [-0.39, 0.29) is 10.8 Å². The lowest BCUT2D eigenvalue weighted by atomic mass is 10.3. The zero-order valence-corrected chi connectivity index (χ0v) is 20.4. The standard InChI is InChI=1S/C21H28N4O3S3/c1-4-25-19-8-7-17(31(27,28)24(2)3)14-18(19)23-20(25)9-10-21(26)22-11-13-29-15-16-6-5-12-30-16/h5-8,12,14H,4,9-11,13,15H2,1-3H3,(H,22,26). The Morgan fingerprint density at radius 3 is 2.77 bits per heavy atom. The van der Waals surface area contributed by atoms with Crippen molar-refractivity contribution in [2.45, 2.75) is 37.0 Å². The highest BCUT2D eigenvalue weighted by Gasteiger charge is 2.19. The summed E-state index contributed by atoms with van der Waals surface area (Å²) in [6, 6.07) is 9.17. The monoisotopic (exact) mass is 480 g/mol. The van der Waals surface area contributed by atoms with Crippen molar-refractivity contribution in [3.05, 3.63) is 46.4 Å². The largest absolute Gasteiger partial charge is 0.355 e. The molecule has 0 aliphatic rings. The number of rotatable bonds is 11. The van der Waals surface area contributed by atoms with Crippen molar-refractivity contribution in [2.24, 2.45) is 0 Å². The number of sulfonamides is 1. The Morgan fingerprint density at radius 1 is 1.29 bits per heavy atom. The van der Waals surface area contributed by atoms with Gasteiger partial charge in [-0.25, -0.2) is 17.7 Å². The first-order valence-corrected chi connectivity index (χ1v) is 13.6. The number of amides is 1. The van der Waals surface area contributed by atoms with Crippen LogP contribution in [0, 0.1) is 0 Å². The fourth-order valence-corrected chi connectivity index (χ4v) is 5.84. The molecule has 3 rings (SSSR count). The molecule has 3 aromatic rings. The first kappa shape index (κ1) is 23.8. The van der Waals surface area contributed by atoms with E-state index in [4.69, 9.17) is 0 Å². The van der Waals surface area contributed by atoms with Crippen molar-refractivity contribution < 1.29 is 13.2 Å². The molecule has 0 aliphatic carbocycles. The van der Waals surface area contributed by atoms with Gasteiger partial charge in [-0.15, -0.1) is 11.3 Å². The summed E-state index contributed by atoms with van der Waals surface area (Å²) in [6.45, 7) is 3.36. The van der Waals surface area contributed by atoms with Gasteiger partial charge in [-0.3, -0.25) is 4.79 Å². The highest BCUT2D eigenvalue weighted by atomic mass is 32.2. The van der Waals surface area contributed by atoms with E-state index in [2.05, 4.69) is 21.7 Å². The molecule has 0 radical (unpaired) electrons. The van der Waals surface area contributed by atoms with E-state index >= 15 is 0 Å². The van der Waals surface area contributed by atoms with Crippen molar-refractivity contribution in [3.63, 3.8) is 0 Å².